The molecule has 2 aromatic carbocycles. The molecule has 0 spiro atoms. The zero-order chi connectivity index (χ0) is 26.6. The van der Waals surface area contributed by atoms with E-state index in [2.05, 4.69) is 10.4 Å². The van der Waals surface area contributed by atoms with Crippen LogP contribution >= 0.6 is 0 Å². The second-order valence-corrected chi connectivity index (χ2v) is 10.1. The van der Waals surface area contributed by atoms with E-state index >= 15 is 0 Å². The third-order valence-electron chi connectivity index (χ3n) is 6.19. The number of ether oxygens (including phenoxy) is 3. The van der Waals surface area contributed by atoms with E-state index in [9.17, 15) is 14.7 Å². The maximum atomic E-state index is 12.9. The summed E-state index contributed by atoms with van der Waals surface area (Å²) < 4.78 is 18.8. The highest BCUT2D eigenvalue weighted by molar-refractivity contribution is 5.91. The minimum atomic E-state index is -0.406. The summed E-state index contributed by atoms with van der Waals surface area (Å²) in [5, 5.41) is 17.2. The number of methoxy groups -OCH3 is 1. The number of aliphatic hydroxyl groups excluding tert-OH is 1. The Morgan fingerprint density at radius 2 is 1.81 bits per heavy atom. The van der Waals surface area contributed by atoms with Crippen molar-refractivity contribution < 1.29 is 28.9 Å². The van der Waals surface area contributed by atoms with Crippen LogP contribution in [0, 0.1) is 0 Å². The van der Waals surface area contributed by atoms with Gasteiger partial charge in [-0.05, 0) is 39.2 Å². The van der Waals surface area contributed by atoms with Crippen LogP contribution < -0.4 is 19.5 Å². The molecule has 0 atom stereocenters. The molecule has 4 rings (SSSR count). The Kier molecular flexibility index (Phi) is 7.83. The highest BCUT2D eigenvalue weighted by Crippen LogP contribution is 2.38. The fraction of sp³-hybridized carbons (Fsp3) is 0.393. The van der Waals surface area contributed by atoms with E-state index in [1.807, 2.05) is 57.2 Å². The summed E-state index contributed by atoms with van der Waals surface area (Å²) in [7, 11) is 1.50. The van der Waals surface area contributed by atoms with Gasteiger partial charge in [0, 0.05) is 24.1 Å². The average molecular weight is 508 g/mol. The van der Waals surface area contributed by atoms with Gasteiger partial charge in [-0.15, -0.1) is 0 Å². The Hall–Kier alpha value is -3.85. The Labute approximate surface area is 216 Å². The molecule has 1 heterocycles. The number of aldehydes is 1. The van der Waals surface area contributed by atoms with Crippen LogP contribution in [0.3, 0.4) is 0 Å². The molecule has 2 N–H and O–H groups in total. The van der Waals surface area contributed by atoms with Crippen LogP contribution in [0.4, 0.5) is 5.82 Å². The Balaban J connectivity index is 1.47. The maximum absolute atomic E-state index is 12.9. The molecule has 1 amide bonds. The van der Waals surface area contributed by atoms with Crippen molar-refractivity contribution in [3.63, 3.8) is 0 Å². The SMILES string of the molecule is COc1cc(OCC(=O)Nc2cc(C3CC(O)C3)nn2C(C)(C)C)c(C=O)c(OCc2ccccc2)c1. The van der Waals surface area contributed by atoms with Crippen LogP contribution in [0.1, 0.15) is 61.1 Å². The molecule has 196 valence electrons. The minimum Gasteiger partial charge on any atom is -0.496 e. The van der Waals surface area contributed by atoms with Crippen LogP contribution in [0.25, 0.3) is 0 Å². The molecule has 37 heavy (non-hydrogen) atoms. The Morgan fingerprint density at radius 3 is 2.41 bits per heavy atom. The summed E-state index contributed by atoms with van der Waals surface area (Å²) in [5.74, 6) is 1.23. The lowest BCUT2D eigenvalue weighted by atomic mass is 9.80. The van der Waals surface area contributed by atoms with Crippen molar-refractivity contribution in [1.29, 1.82) is 0 Å². The number of nitrogens with zero attached hydrogens (tertiary/aromatic N) is 2. The minimum absolute atomic E-state index is 0.173. The smallest absolute Gasteiger partial charge is 0.263 e. The fourth-order valence-electron chi connectivity index (χ4n) is 4.14. The van der Waals surface area contributed by atoms with Gasteiger partial charge in [-0.3, -0.25) is 9.59 Å². The van der Waals surface area contributed by atoms with Gasteiger partial charge in [0.2, 0.25) is 0 Å². The van der Waals surface area contributed by atoms with E-state index in [1.165, 1.54) is 7.11 Å². The van der Waals surface area contributed by atoms with E-state index in [0.717, 1.165) is 11.3 Å². The number of aromatic nitrogens is 2. The van der Waals surface area contributed by atoms with Crippen molar-refractivity contribution in [3.8, 4) is 17.2 Å². The molecule has 1 aromatic heterocycles. The molecule has 1 aliphatic carbocycles. The first-order chi connectivity index (χ1) is 17.7. The lowest BCUT2D eigenvalue weighted by Crippen LogP contribution is -2.29. The van der Waals surface area contributed by atoms with E-state index in [-0.39, 0.29) is 42.1 Å². The Morgan fingerprint density at radius 1 is 1.14 bits per heavy atom. The van der Waals surface area contributed by atoms with Crippen LogP contribution in [0.5, 0.6) is 17.2 Å². The molecule has 1 aliphatic rings. The van der Waals surface area contributed by atoms with Crippen molar-refractivity contribution in [1.82, 2.24) is 9.78 Å². The standard InChI is InChI=1S/C28H33N3O6/c1-28(2,3)31-26(14-23(30-31)19-10-20(33)11-19)29-27(34)17-37-25-13-21(35-4)12-24(22(25)15-32)36-16-18-8-6-5-7-9-18/h5-9,12-15,19-20,33H,10-11,16-17H2,1-4H3,(H,29,34). The summed E-state index contributed by atoms with van der Waals surface area (Å²) in [6, 6.07) is 14.6. The second-order valence-electron chi connectivity index (χ2n) is 10.1. The number of hydrogen-bond donors (Lipinski definition) is 2. The number of aliphatic hydroxyl groups is 1. The van der Waals surface area contributed by atoms with Crippen molar-refractivity contribution >= 4 is 18.0 Å². The lowest BCUT2D eigenvalue weighted by Gasteiger charge is -2.30. The van der Waals surface area contributed by atoms with Crippen LogP contribution in [0.2, 0.25) is 0 Å². The third-order valence-corrected chi connectivity index (χ3v) is 6.19. The van der Waals surface area contributed by atoms with E-state index in [0.29, 0.717) is 36.4 Å². The Bertz CT molecular complexity index is 1240. The van der Waals surface area contributed by atoms with Crippen molar-refractivity contribution in [2.75, 3.05) is 19.0 Å². The lowest BCUT2D eigenvalue weighted by molar-refractivity contribution is -0.118. The number of carbonyl (C=O) groups excluding carboxylic acids is 2. The molecule has 1 saturated carbocycles. The van der Waals surface area contributed by atoms with E-state index in [4.69, 9.17) is 14.2 Å². The fourth-order valence-corrected chi connectivity index (χ4v) is 4.14. The summed E-state index contributed by atoms with van der Waals surface area (Å²) in [4.78, 5) is 24.8. The van der Waals surface area contributed by atoms with Gasteiger partial charge in [0.15, 0.2) is 12.9 Å². The predicted molar refractivity (Wildman–Crippen MR) is 138 cm³/mol. The molecule has 0 bridgehead atoms. The summed E-state index contributed by atoms with van der Waals surface area (Å²) in [6.45, 7) is 5.91. The number of nitrogens with one attached hydrogen (secondary N) is 1. The van der Waals surface area contributed by atoms with Gasteiger partial charge in [0.05, 0.1) is 30.0 Å². The molecular weight excluding hydrogens is 474 g/mol. The molecule has 9 nitrogen and oxygen atoms in total. The number of benzene rings is 2. The van der Waals surface area contributed by atoms with Crippen molar-refractivity contribution in [2.24, 2.45) is 0 Å². The number of amides is 1. The first-order valence-corrected chi connectivity index (χ1v) is 12.2. The van der Waals surface area contributed by atoms with E-state index in [1.54, 1.807) is 16.8 Å². The van der Waals surface area contributed by atoms with Gasteiger partial charge in [-0.2, -0.15) is 5.10 Å². The van der Waals surface area contributed by atoms with E-state index < -0.39 is 5.91 Å². The summed E-state index contributed by atoms with van der Waals surface area (Å²) in [5.41, 5.74) is 1.60. The van der Waals surface area contributed by atoms with Gasteiger partial charge < -0.3 is 24.6 Å². The molecule has 3 aromatic rings. The number of rotatable bonds is 10. The number of carbonyl (C=O) groups is 2. The van der Waals surface area contributed by atoms with Crippen LogP contribution in [-0.4, -0.2) is 46.9 Å². The zero-order valence-electron chi connectivity index (χ0n) is 21.6. The normalized spacial score (nSPS) is 17.0. The quantitative estimate of drug-likeness (QED) is 0.394. The van der Waals surface area contributed by atoms with Gasteiger partial charge >= 0.3 is 0 Å². The van der Waals surface area contributed by atoms with Gasteiger partial charge in [0.25, 0.3) is 5.91 Å². The summed E-state index contributed by atoms with van der Waals surface area (Å²) >= 11 is 0. The van der Waals surface area contributed by atoms with Crippen molar-refractivity contribution in [3.05, 3.63) is 65.4 Å². The monoisotopic (exact) mass is 507 g/mol. The highest BCUT2D eigenvalue weighted by Gasteiger charge is 2.32. The highest BCUT2D eigenvalue weighted by atomic mass is 16.5. The number of hydrogen-bond acceptors (Lipinski definition) is 7. The molecule has 0 saturated heterocycles. The second kappa shape index (κ2) is 11.0. The van der Waals surface area contributed by atoms with Gasteiger partial charge in [-0.1, -0.05) is 30.3 Å². The largest absolute Gasteiger partial charge is 0.496 e. The molecule has 0 radical (unpaired) electrons. The summed E-state index contributed by atoms with van der Waals surface area (Å²) in [6.07, 6.45) is 1.67. The van der Waals surface area contributed by atoms with Crippen molar-refractivity contribution in [2.45, 2.75) is 57.8 Å². The van der Waals surface area contributed by atoms with Crippen LogP contribution in [0.15, 0.2) is 48.5 Å². The molecule has 0 aliphatic heterocycles. The predicted octanol–water partition coefficient (Wildman–Crippen LogP) is 4.29. The third kappa shape index (κ3) is 6.29. The van der Waals surface area contributed by atoms with Gasteiger partial charge in [0.1, 0.15) is 29.7 Å². The molecular formula is C28H33N3O6. The topological polar surface area (TPSA) is 112 Å². The zero-order valence-corrected chi connectivity index (χ0v) is 21.6. The molecule has 1 fully saturated rings. The molecule has 0 unspecified atom stereocenters. The molecule has 9 heteroatoms. The maximum Gasteiger partial charge on any atom is 0.263 e. The first kappa shape index (κ1) is 26.2. The first-order valence-electron chi connectivity index (χ1n) is 12.2. The average Bonchev–Trinajstić information content (AvgIpc) is 3.28. The number of anilines is 1. The van der Waals surface area contributed by atoms with Gasteiger partial charge in [-0.25, -0.2) is 4.68 Å². The van der Waals surface area contributed by atoms with Crippen LogP contribution in [-0.2, 0) is 16.9 Å².